The van der Waals surface area contributed by atoms with E-state index < -0.39 is 5.41 Å². The second-order valence-corrected chi connectivity index (χ2v) is 4.29. The van der Waals surface area contributed by atoms with Gasteiger partial charge in [-0.3, -0.25) is 9.59 Å². The van der Waals surface area contributed by atoms with Gasteiger partial charge in [0.1, 0.15) is 5.41 Å². The molecular formula is C9H16N4O3. The van der Waals surface area contributed by atoms with Crippen LogP contribution in [0.15, 0.2) is 5.16 Å². The Morgan fingerprint density at radius 1 is 1.69 bits per heavy atom. The summed E-state index contributed by atoms with van der Waals surface area (Å²) in [5.41, 5.74) is 4.31. The number of amidine groups is 1. The lowest BCUT2D eigenvalue weighted by Crippen LogP contribution is -2.49. The standard InChI is InChI=1S/C9H16N4O3/c1-9(2,7(10)13-16)8(15)12-5-3-6(14)11-4-5/h5,16H,3-4H2,1-2H3,(H2,10,13)(H,11,14)(H,12,15). The molecule has 0 aliphatic carbocycles. The largest absolute Gasteiger partial charge is 0.409 e. The number of nitrogens with zero attached hydrogens (tertiary/aromatic N) is 1. The van der Waals surface area contributed by atoms with Gasteiger partial charge in [0, 0.05) is 13.0 Å². The summed E-state index contributed by atoms with van der Waals surface area (Å²) in [4.78, 5) is 22.7. The van der Waals surface area contributed by atoms with Gasteiger partial charge in [0.05, 0.1) is 6.04 Å². The normalized spacial score (nSPS) is 21.8. The van der Waals surface area contributed by atoms with Crippen LogP contribution in [0.1, 0.15) is 20.3 Å². The number of nitrogens with two attached hydrogens (primary N) is 1. The van der Waals surface area contributed by atoms with Gasteiger partial charge in [0.2, 0.25) is 11.8 Å². The molecule has 7 nitrogen and oxygen atoms in total. The van der Waals surface area contributed by atoms with Gasteiger partial charge in [0.15, 0.2) is 5.84 Å². The predicted molar refractivity (Wildman–Crippen MR) is 56.7 cm³/mol. The number of rotatable bonds is 3. The van der Waals surface area contributed by atoms with E-state index in [2.05, 4.69) is 15.8 Å². The van der Waals surface area contributed by atoms with Gasteiger partial charge in [-0.1, -0.05) is 5.16 Å². The predicted octanol–water partition coefficient (Wildman–Crippen LogP) is -1.24. The number of oxime groups is 1. The molecule has 5 N–H and O–H groups in total. The molecule has 0 saturated carbocycles. The molecule has 7 heteroatoms. The molecule has 1 fully saturated rings. The molecule has 16 heavy (non-hydrogen) atoms. The fourth-order valence-corrected chi connectivity index (χ4v) is 1.31. The van der Waals surface area contributed by atoms with E-state index in [-0.39, 0.29) is 30.1 Å². The van der Waals surface area contributed by atoms with Crippen molar-refractivity contribution >= 4 is 17.6 Å². The van der Waals surface area contributed by atoms with E-state index in [0.717, 1.165) is 0 Å². The summed E-state index contributed by atoms with van der Waals surface area (Å²) >= 11 is 0. The Balaban J connectivity index is 2.61. The van der Waals surface area contributed by atoms with Crippen LogP contribution in [0.4, 0.5) is 0 Å². The summed E-state index contributed by atoms with van der Waals surface area (Å²) in [5, 5.41) is 16.6. The molecule has 0 aromatic heterocycles. The highest BCUT2D eigenvalue weighted by Crippen LogP contribution is 2.16. The zero-order valence-corrected chi connectivity index (χ0v) is 9.28. The minimum Gasteiger partial charge on any atom is -0.409 e. The van der Waals surface area contributed by atoms with Gasteiger partial charge in [-0.2, -0.15) is 0 Å². The number of hydrogen-bond acceptors (Lipinski definition) is 4. The molecule has 1 unspecified atom stereocenters. The van der Waals surface area contributed by atoms with Crippen molar-refractivity contribution < 1.29 is 14.8 Å². The van der Waals surface area contributed by atoms with Crippen molar-refractivity contribution in [2.45, 2.75) is 26.3 Å². The molecule has 0 radical (unpaired) electrons. The first-order valence-corrected chi connectivity index (χ1v) is 4.93. The zero-order chi connectivity index (χ0) is 12.3. The molecule has 1 rings (SSSR count). The van der Waals surface area contributed by atoms with Gasteiger partial charge in [0.25, 0.3) is 0 Å². The summed E-state index contributed by atoms with van der Waals surface area (Å²) in [7, 11) is 0. The lowest BCUT2D eigenvalue weighted by molar-refractivity contribution is -0.127. The fourth-order valence-electron chi connectivity index (χ4n) is 1.31. The summed E-state index contributed by atoms with van der Waals surface area (Å²) < 4.78 is 0. The zero-order valence-electron chi connectivity index (χ0n) is 9.28. The number of carbonyl (C=O) groups is 2. The van der Waals surface area contributed by atoms with Crippen molar-refractivity contribution in [2.75, 3.05) is 6.54 Å². The quantitative estimate of drug-likeness (QED) is 0.209. The van der Waals surface area contributed by atoms with Crippen molar-refractivity contribution in [1.29, 1.82) is 0 Å². The highest BCUT2D eigenvalue weighted by molar-refractivity contribution is 6.06. The average Bonchev–Trinajstić information content (AvgIpc) is 2.62. The molecule has 0 aromatic carbocycles. The van der Waals surface area contributed by atoms with Crippen LogP contribution in [0, 0.1) is 5.41 Å². The lowest BCUT2D eigenvalue weighted by Gasteiger charge is -2.23. The minimum absolute atomic E-state index is 0.0908. The highest BCUT2D eigenvalue weighted by Gasteiger charge is 2.35. The van der Waals surface area contributed by atoms with Gasteiger partial charge in [-0.05, 0) is 13.8 Å². The van der Waals surface area contributed by atoms with Crippen molar-refractivity contribution in [2.24, 2.45) is 16.3 Å². The highest BCUT2D eigenvalue weighted by atomic mass is 16.4. The number of nitrogens with one attached hydrogen (secondary N) is 2. The third kappa shape index (κ3) is 2.41. The molecule has 90 valence electrons. The second-order valence-electron chi connectivity index (χ2n) is 4.29. The second kappa shape index (κ2) is 4.38. The third-order valence-electron chi connectivity index (χ3n) is 2.63. The summed E-state index contributed by atoms with van der Waals surface area (Å²) in [6.07, 6.45) is 0.262. The van der Waals surface area contributed by atoms with Crippen LogP contribution in [0.3, 0.4) is 0 Å². The molecule has 1 saturated heterocycles. The van der Waals surface area contributed by atoms with Gasteiger partial charge >= 0.3 is 0 Å². The Kier molecular flexibility index (Phi) is 3.36. The Hall–Kier alpha value is -1.79. The molecular weight excluding hydrogens is 212 g/mol. The molecule has 0 spiro atoms. The van der Waals surface area contributed by atoms with Crippen molar-refractivity contribution in [3.63, 3.8) is 0 Å². The van der Waals surface area contributed by atoms with Gasteiger partial charge in [-0.25, -0.2) is 0 Å². The Labute approximate surface area is 93.1 Å². The molecule has 1 heterocycles. The minimum atomic E-state index is -1.10. The maximum absolute atomic E-state index is 11.8. The average molecular weight is 228 g/mol. The van der Waals surface area contributed by atoms with E-state index in [1.54, 1.807) is 13.8 Å². The summed E-state index contributed by atoms with van der Waals surface area (Å²) in [5.74, 6) is -0.626. The number of hydrogen-bond donors (Lipinski definition) is 4. The van der Waals surface area contributed by atoms with Crippen LogP contribution in [-0.2, 0) is 9.59 Å². The van der Waals surface area contributed by atoms with Crippen LogP contribution >= 0.6 is 0 Å². The summed E-state index contributed by atoms with van der Waals surface area (Å²) in [6, 6.07) is -0.231. The first-order valence-electron chi connectivity index (χ1n) is 4.93. The van der Waals surface area contributed by atoms with Crippen LogP contribution in [0.5, 0.6) is 0 Å². The van der Waals surface area contributed by atoms with Crippen LogP contribution < -0.4 is 16.4 Å². The van der Waals surface area contributed by atoms with Crippen molar-refractivity contribution in [1.82, 2.24) is 10.6 Å². The van der Waals surface area contributed by atoms with E-state index in [1.165, 1.54) is 0 Å². The van der Waals surface area contributed by atoms with E-state index in [1.807, 2.05) is 0 Å². The topological polar surface area (TPSA) is 117 Å². The molecule has 1 aliphatic heterocycles. The van der Waals surface area contributed by atoms with Crippen molar-refractivity contribution in [3.05, 3.63) is 0 Å². The number of carbonyl (C=O) groups excluding carboxylic acids is 2. The van der Waals surface area contributed by atoms with E-state index in [9.17, 15) is 9.59 Å². The maximum Gasteiger partial charge on any atom is 0.233 e. The third-order valence-corrected chi connectivity index (χ3v) is 2.63. The van der Waals surface area contributed by atoms with E-state index >= 15 is 0 Å². The van der Waals surface area contributed by atoms with Crippen LogP contribution in [-0.4, -0.2) is 35.4 Å². The van der Waals surface area contributed by atoms with Gasteiger partial charge < -0.3 is 21.6 Å². The monoisotopic (exact) mass is 228 g/mol. The van der Waals surface area contributed by atoms with Crippen LogP contribution in [0.2, 0.25) is 0 Å². The van der Waals surface area contributed by atoms with Crippen molar-refractivity contribution in [3.8, 4) is 0 Å². The van der Waals surface area contributed by atoms with Crippen LogP contribution in [0.25, 0.3) is 0 Å². The van der Waals surface area contributed by atoms with E-state index in [4.69, 9.17) is 10.9 Å². The maximum atomic E-state index is 11.8. The number of amides is 2. The molecule has 1 atom stereocenters. The van der Waals surface area contributed by atoms with E-state index in [0.29, 0.717) is 6.54 Å². The lowest BCUT2D eigenvalue weighted by atomic mass is 9.90. The Morgan fingerprint density at radius 3 is 2.75 bits per heavy atom. The Bertz CT molecular complexity index is 338. The molecule has 0 bridgehead atoms. The fraction of sp³-hybridized carbons (Fsp3) is 0.667. The first-order chi connectivity index (χ1) is 7.37. The molecule has 2 amide bonds. The van der Waals surface area contributed by atoms with Gasteiger partial charge in [-0.15, -0.1) is 0 Å². The Morgan fingerprint density at radius 2 is 2.31 bits per heavy atom. The summed E-state index contributed by atoms with van der Waals surface area (Å²) in [6.45, 7) is 3.50. The first kappa shape index (κ1) is 12.3. The molecule has 0 aromatic rings. The SMILES string of the molecule is CC(C)(C(=O)NC1CNC(=O)C1)C(N)=NO. The molecule has 1 aliphatic rings. The smallest absolute Gasteiger partial charge is 0.233 e.